The number of nitrogens with zero attached hydrogens (tertiary/aromatic N) is 2. The molecule has 90 heavy (non-hydrogen) atoms. The van der Waals surface area contributed by atoms with Gasteiger partial charge in [0.1, 0.15) is 6.04 Å². The lowest BCUT2D eigenvalue weighted by Gasteiger charge is -2.30. The van der Waals surface area contributed by atoms with Crippen molar-refractivity contribution in [2.75, 3.05) is 26.7 Å². The highest BCUT2D eigenvalue weighted by molar-refractivity contribution is 5.98. The van der Waals surface area contributed by atoms with E-state index in [0.29, 0.717) is 32.1 Å². The van der Waals surface area contributed by atoms with Crippen molar-refractivity contribution < 1.29 is 48.3 Å². The summed E-state index contributed by atoms with van der Waals surface area (Å²) >= 11 is 0. The number of guanidine groups is 2. The molecular formula is C69H121N11O10. The molecule has 0 aromatic heterocycles. The van der Waals surface area contributed by atoms with Crippen molar-refractivity contribution in [1.29, 1.82) is 0 Å². The van der Waals surface area contributed by atoms with Crippen LogP contribution in [0.2, 0.25) is 0 Å². The van der Waals surface area contributed by atoms with Gasteiger partial charge in [0, 0.05) is 75.9 Å². The predicted octanol–water partition coefficient (Wildman–Crippen LogP) is 7.98. The van der Waals surface area contributed by atoms with Crippen molar-refractivity contribution in [3.8, 4) is 0 Å². The summed E-state index contributed by atoms with van der Waals surface area (Å²) in [5.74, 6) is -9.23. The number of Topliss-reactive ketones (excluding diaryl/α,β-unsaturated/α-hetero) is 4. The van der Waals surface area contributed by atoms with Crippen LogP contribution in [-0.4, -0.2) is 121 Å². The Morgan fingerprint density at radius 2 is 0.900 bits per heavy atom. The molecule has 11 atom stereocenters. The average Bonchev–Trinajstić information content (AvgIpc) is 2.42. The van der Waals surface area contributed by atoms with Gasteiger partial charge < -0.3 is 54.6 Å². The van der Waals surface area contributed by atoms with Gasteiger partial charge in [-0.2, -0.15) is 0 Å². The van der Waals surface area contributed by atoms with Gasteiger partial charge in [-0.25, -0.2) is 0 Å². The van der Waals surface area contributed by atoms with Gasteiger partial charge in [-0.05, 0) is 74.2 Å². The lowest BCUT2D eigenvalue weighted by atomic mass is 9.84. The molecule has 0 heterocycles. The molecule has 0 radical (unpaired) electrons. The van der Waals surface area contributed by atoms with Gasteiger partial charge in [0.25, 0.3) is 0 Å². The summed E-state index contributed by atoms with van der Waals surface area (Å²) in [6.07, 6.45) is 17.3. The predicted molar refractivity (Wildman–Crippen MR) is 359 cm³/mol. The number of hydrogen-bond acceptors (Lipinski definition) is 12. The summed E-state index contributed by atoms with van der Waals surface area (Å²) in [5.41, 5.74) is 23.2. The first-order chi connectivity index (χ1) is 42.9. The average molecular weight is 1260 g/mol. The van der Waals surface area contributed by atoms with Crippen LogP contribution in [0.15, 0.2) is 40.3 Å². The number of amides is 5. The van der Waals surface area contributed by atoms with Crippen molar-refractivity contribution in [2.24, 2.45) is 80.3 Å². The lowest BCUT2D eigenvalue weighted by molar-refractivity contribution is -0.137. The summed E-state index contributed by atoms with van der Waals surface area (Å²) in [7, 11) is 1.47. The molecule has 1 aromatic rings. The Morgan fingerprint density at radius 1 is 0.478 bits per heavy atom. The van der Waals surface area contributed by atoms with Crippen LogP contribution in [0, 0.1) is 47.3 Å². The Kier molecular flexibility index (Phi) is 43.3. The Bertz CT molecular complexity index is 2340. The zero-order valence-corrected chi connectivity index (χ0v) is 56.9. The van der Waals surface area contributed by atoms with E-state index in [1.54, 1.807) is 6.92 Å². The first kappa shape index (κ1) is 81.8. The van der Waals surface area contributed by atoms with Gasteiger partial charge in [0.15, 0.2) is 35.1 Å². The van der Waals surface area contributed by atoms with Crippen LogP contribution in [0.1, 0.15) is 235 Å². The fourth-order valence-electron chi connectivity index (χ4n) is 11.3. The molecule has 0 unspecified atom stereocenters. The topological polar surface area (TPSA) is 363 Å². The number of hydrogen-bond donors (Lipinski definition) is 10. The van der Waals surface area contributed by atoms with Crippen LogP contribution in [0.5, 0.6) is 0 Å². The third-order valence-corrected chi connectivity index (χ3v) is 17.7. The number of carbonyl (C=O) groups excluding carboxylic acids is 9. The SMILES string of the molecule is CCCCCCCCCCCCCCCC(=O)N[C@@H](CC(C)C)C(=O)C[C@@H](Cc1ccccc1)C(=O)N[C@H](C(=O)C[C@@H](CCCN=C(N)N)C(=O)N[C@H](C(=O)C[C@@H](CCCN=C(N)N)C(=O)N[C@@H](CO)C(=O)C[C@H](C(=O)NC)[C@@H](C)CC)[C@@H](C)CC)[C@@H](C)CC. The molecule has 0 aliphatic rings. The highest BCUT2D eigenvalue weighted by Crippen LogP contribution is 2.26. The maximum Gasteiger partial charge on any atom is 0.224 e. The second kappa shape index (κ2) is 47.6. The highest BCUT2D eigenvalue weighted by atomic mass is 16.3. The van der Waals surface area contributed by atoms with E-state index < -0.39 is 108 Å². The van der Waals surface area contributed by atoms with Crippen LogP contribution >= 0.6 is 0 Å². The van der Waals surface area contributed by atoms with Crippen LogP contribution in [0.3, 0.4) is 0 Å². The number of benzene rings is 1. The van der Waals surface area contributed by atoms with Gasteiger partial charge in [-0.15, -0.1) is 0 Å². The maximum atomic E-state index is 14.9. The Hall–Kier alpha value is -6.25. The van der Waals surface area contributed by atoms with Crippen LogP contribution in [0.4, 0.5) is 0 Å². The number of aliphatic hydroxyl groups excluding tert-OH is 1. The van der Waals surface area contributed by atoms with E-state index in [0.717, 1.165) is 31.2 Å². The lowest BCUT2D eigenvalue weighted by Crippen LogP contribution is -2.51. The van der Waals surface area contributed by atoms with E-state index in [1.165, 1.54) is 64.8 Å². The van der Waals surface area contributed by atoms with E-state index >= 15 is 0 Å². The molecule has 0 saturated heterocycles. The smallest absolute Gasteiger partial charge is 0.224 e. The van der Waals surface area contributed by atoms with Crippen molar-refractivity contribution >= 4 is 64.6 Å². The van der Waals surface area contributed by atoms with Crippen molar-refractivity contribution in [3.63, 3.8) is 0 Å². The number of nitrogens with one attached hydrogen (secondary N) is 5. The van der Waals surface area contributed by atoms with E-state index in [-0.39, 0.29) is 106 Å². The maximum absolute atomic E-state index is 14.9. The molecule has 1 rings (SSSR count). The number of rotatable bonds is 53. The molecule has 0 aliphatic heterocycles. The molecule has 21 nitrogen and oxygen atoms in total. The molecule has 5 amide bonds. The largest absolute Gasteiger partial charge is 0.394 e. The van der Waals surface area contributed by atoms with Crippen molar-refractivity contribution in [1.82, 2.24) is 26.6 Å². The fourth-order valence-corrected chi connectivity index (χ4v) is 11.3. The highest BCUT2D eigenvalue weighted by Gasteiger charge is 2.38. The number of ketones is 4. The molecule has 0 bridgehead atoms. The first-order valence-electron chi connectivity index (χ1n) is 34.2. The summed E-state index contributed by atoms with van der Waals surface area (Å²) in [6, 6.07) is 4.87. The normalized spacial score (nSPS) is 15.0. The van der Waals surface area contributed by atoms with Gasteiger partial charge in [-0.3, -0.25) is 53.1 Å². The molecule has 512 valence electrons. The molecule has 0 fully saturated rings. The monoisotopic (exact) mass is 1260 g/mol. The van der Waals surface area contributed by atoms with Crippen LogP contribution in [-0.2, 0) is 49.6 Å². The molecule has 0 spiro atoms. The van der Waals surface area contributed by atoms with Crippen molar-refractivity contribution in [3.05, 3.63) is 35.9 Å². The molecular weight excluding hydrogens is 1140 g/mol. The first-order valence-corrected chi connectivity index (χ1v) is 34.2. The molecule has 0 saturated carbocycles. The molecule has 14 N–H and O–H groups in total. The Balaban J connectivity index is 3.52. The van der Waals surface area contributed by atoms with E-state index in [1.807, 2.05) is 78.8 Å². The third kappa shape index (κ3) is 34.3. The second-order valence-electron chi connectivity index (χ2n) is 25.7. The number of aliphatic hydroxyl groups is 1. The zero-order valence-electron chi connectivity index (χ0n) is 56.9. The minimum Gasteiger partial charge on any atom is -0.394 e. The molecule has 1 aromatic carbocycles. The number of aliphatic imine (C=N–C) groups is 2. The Labute approximate surface area is 540 Å². The van der Waals surface area contributed by atoms with E-state index in [2.05, 4.69) is 43.5 Å². The van der Waals surface area contributed by atoms with Gasteiger partial charge in [0.2, 0.25) is 29.5 Å². The van der Waals surface area contributed by atoms with E-state index in [4.69, 9.17) is 22.9 Å². The minimum absolute atomic E-state index is 0.0595. The fraction of sp³-hybridized carbons (Fsp3) is 0.754. The second-order valence-corrected chi connectivity index (χ2v) is 25.7. The van der Waals surface area contributed by atoms with E-state index in [9.17, 15) is 48.3 Å². The summed E-state index contributed by atoms with van der Waals surface area (Å²) in [4.78, 5) is 136. The van der Waals surface area contributed by atoms with Crippen LogP contribution < -0.4 is 49.5 Å². The molecule has 0 aliphatic carbocycles. The van der Waals surface area contributed by atoms with Crippen LogP contribution in [0.25, 0.3) is 0 Å². The number of nitrogens with two attached hydrogens (primary N) is 4. The summed E-state index contributed by atoms with van der Waals surface area (Å²) < 4.78 is 0. The summed E-state index contributed by atoms with van der Waals surface area (Å²) in [5, 5.41) is 24.6. The summed E-state index contributed by atoms with van der Waals surface area (Å²) in [6.45, 7) is 16.7. The number of unbranched alkanes of at least 4 members (excludes halogenated alkanes) is 12. The Morgan fingerprint density at radius 3 is 1.32 bits per heavy atom. The van der Waals surface area contributed by atoms with Gasteiger partial charge >= 0.3 is 0 Å². The quantitative estimate of drug-likeness (QED) is 0.0168. The number of carbonyl (C=O) groups is 9. The zero-order chi connectivity index (χ0) is 67.6. The third-order valence-electron chi connectivity index (χ3n) is 17.7. The van der Waals surface area contributed by atoms with Gasteiger partial charge in [-0.1, -0.05) is 189 Å². The van der Waals surface area contributed by atoms with Gasteiger partial charge in [0.05, 0.1) is 24.7 Å². The minimum atomic E-state index is -1.38. The molecule has 21 heteroatoms. The standard InChI is InChI=1S/C69H121N11O10/c1-11-15-16-17-18-19-20-21-22-23-24-25-29-36-61(86)77-55(39-46(5)6)57(82)43-53(40-50-32-27-26-28-33-50)66(89)80-63(49(9)14-4)60(85)42-52(35-31-38-76-69(72)73)65(88)79-62(48(8)13-3)59(84)41-51(34-30-37-75-68(70)71)64(87)78-56(45-81)58(83)44-54(47(7)12-2)67(90)74-10/h26-28,32-33,46-49,51-56,62-63,81H,11-25,29-31,34-45H2,1-10H3,(H,74,90)(H,77,86)(H,78,87)(H,79,88)(H,80,89)(H4,70,71,75)(H4,72,73,76)/t47-,48-,49-,51+,52+,53+,54-,55-,56-,62-,63-/m0/s1. The van der Waals surface area contributed by atoms with Crippen molar-refractivity contribution in [2.45, 2.75) is 260 Å².